The lowest BCUT2D eigenvalue weighted by atomic mass is 10.1. The first kappa shape index (κ1) is 16.3. The molecule has 1 fully saturated rings. The molecule has 1 aliphatic heterocycles. The second kappa shape index (κ2) is 8.37. The van der Waals surface area contributed by atoms with Crippen molar-refractivity contribution in [1.29, 1.82) is 0 Å². The van der Waals surface area contributed by atoms with E-state index in [2.05, 4.69) is 4.90 Å². The van der Waals surface area contributed by atoms with Gasteiger partial charge in [0.25, 0.3) is 0 Å². The van der Waals surface area contributed by atoms with Crippen LogP contribution >= 0.6 is 11.6 Å². The van der Waals surface area contributed by atoms with E-state index in [1.54, 1.807) is 0 Å². The number of aliphatic hydroxyl groups is 1. The molecule has 0 radical (unpaired) electrons. The standard InChI is InChI=1S/C16H23ClN2O2/c17-15-6-2-1-5-14(15)13-16(21)19-10-8-18(9-11-19)7-3-4-12-20/h1-2,5-6,20H,3-4,7-13H2. The van der Waals surface area contributed by atoms with E-state index < -0.39 is 0 Å². The summed E-state index contributed by atoms with van der Waals surface area (Å²) in [5.41, 5.74) is 0.898. The Kier molecular flexibility index (Phi) is 6.49. The van der Waals surface area contributed by atoms with E-state index in [1.165, 1.54) is 0 Å². The van der Waals surface area contributed by atoms with E-state index in [1.807, 2.05) is 29.2 Å². The maximum atomic E-state index is 12.3. The number of hydrogen-bond donors (Lipinski definition) is 1. The van der Waals surface area contributed by atoms with Crippen molar-refractivity contribution in [2.45, 2.75) is 19.3 Å². The predicted octanol–water partition coefficient (Wildman–Crippen LogP) is 1.80. The molecule has 1 N–H and O–H groups in total. The molecule has 4 nitrogen and oxygen atoms in total. The monoisotopic (exact) mass is 310 g/mol. The molecule has 21 heavy (non-hydrogen) atoms. The van der Waals surface area contributed by atoms with E-state index in [4.69, 9.17) is 16.7 Å². The Balaban J connectivity index is 1.77. The number of unbranched alkanes of at least 4 members (excludes halogenated alkanes) is 1. The van der Waals surface area contributed by atoms with Gasteiger partial charge in [0, 0.05) is 37.8 Å². The first-order valence-electron chi connectivity index (χ1n) is 7.55. The van der Waals surface area contributed by atoms with Crippen LogP contribution in [0, 0.1) is 0 Å². The number of aliphatic hydroxyl groups excluding tert-OH is 1. The van der Waals surface area contributed by atoms with Gasteiger partial charge >= 0.3 is 0 Å². The molecule has 0 aromatic heterocycles. The van der Waals surface area contributed by atoms with Gasteiger partial charge in [0.2, 0.25) is 5.91 Å². The van der Waals surface area contributed by atoms with Crippen LogP contribution in [-0.2, 0) is 11.2 Å². The molecule has 116 valence electrons. The van der Waals surface area contributed by atoms with Crippen LogP contribution in [0.5, 0.6) is 0 Å². The van der Waals surface area contributed by atoms with Crippen LogP contribution in [0.1, 0.15) is 18.4 Å². The van der Waals surface area contributed by atoms with E-state index in [-0.39, 0.29) is 12.5 Å². The first-order valence-corrected chi connectivity index (χ1v) is 7.93. The van der Waals surface area contributed by atoms with Gasteiger partial charge in [-0.25, -0.2) is 0 Å². The average Bonchev–Trinajstić information content (AvgIpc) is 2.50. The molecule has 1 heterocycles. The summed E-state index contributed by atoms with van der Waals surface area (Å²) < 4.78 is 0. The summed E-state index contributed by atoms with van der Waals surface area (Å²) in [5, 5.41) is 9.45. The lowest BCUT2D eigenvalue weighted by Gasteiger charge is -2.34. The zero-order valence-electron chi connectivity index (χ0n) is 12.3. The Morgan fingerprint density at radius 1 is 1.14 bits per heavy atom. The largest absolute Gasteiger partial charge is 0.396 e. The highest BCUT2D eigenvalue weighted by atomic mass is 35.5. The zero-order valence-corrected chi connectivity index (χ0v) is 13.1. The first-order chi connectivity index (χ1) is 10.2. The smallest absolute Gasteiger partial charge is 0.227 e. The highest BCUT2D eigenvalue weighted by Gasteiger charge is 2.21. The number of carbonyl (C=O) groups excluding carboxylic acids is 1. The van der Waals surface area contributed by atoms with Crippen LogP contribution in [0.25, 0.3) is 0 Å². The summed E-state index contributed by atoms with van der Waals surface area (Å²) in [4.78, 5) is 16.6. The van der Waals surface area contributed by atoms with Crippen molar-refractivity contribution >= 4 is 17.5 Å². The van der Waals surface area contributed by atoms with Crippen molar-refractivity contribution in [3.05, 3.63) is 34.9 Å². The molecule has 0 spiro atoms. The number of halogens is 1. The molecule has 0 saturated carbocycles. The molecule has 0 aliphatic carbocycles. The lowest BCUT2D eigenvalue weighted by molar-refractivity contribution is -0.132. The maximum Gasteiger partial charge on any atom is 0.227 e. The normalized spacial score (nSPS) is 16.2. The fraction of sp³-hybridized carbons (Fsp3) is 0.562. The molecule has 0 bridgehead atoms. The van der Waals surface area contributed by atoms with Gasteiger partial charge < -0.3 is 10.0 Å². The lowest BCUT2D eigenvalue weighted by Crippen LogP contribution is -2.49. The topological polar surface area (TPSA) is 43.8 Å². The zero-order chi connectivity index (χ0) is 15.1. The van der Waals surface area contributed by atoms with Crippen molar-refractivity contribution in [1.82, 2.24) is 9.80 Å². The van der Waals surface area contributed by atoms with Crippen LogP contribution in [0.2, 0.25) is 5.02 Å². The number of piperazine rings is 1. The van der Waals surface area contributed by atoms with E-state index in [0.29, 0.717) is 11.4 Å². The molecule has 1 aliphatic rings. The van der Waals surface area contributed by atoms with Gasteiger partial charge in [0.1, 0.15) is 0 Å². The van der Waals surface area contributed by atoms with E-state index >= 15 is 0 Å². The molecule has 0 atom stereocenters. The van der Waals surface area contributed by atoms with Gasteiger partial charge in [0.05, 0.1) is 6.42 Å². The third kappa shape index (κ3) is 4.99. The molecular weight excluding hydrogens is 288 g/mol. The number of carbonyl (C=O) groups is 1. The van der Waals surface area contributed by atoms with Crippen molar-refractivity contribution in [2.75, 3.05) is 39.3 Å². The van der Waals surface area contributed by atoms with Crippen LogP contribution in [-0.4, -0.2) is 60.1 Å². The highest BCUT2D eigenvalue weighted by Crippen LogP contribution is 2.16. The van der Waals surface area contributed by atoms with Crippen molar-refractivity contribution in [3.63, 3.8) is 0 Å². The number of rotatable bonds is 6. The van der Waals surface area contributed by atoms with Gasteiger partial charge in [-0.05, 0) is 31.0 Å². The van der Waals surface area contributed by atoms with E-state index in [0.717, 1.165) is 51.1 Å². The minimum atomic E-state index is 0.151. The van der Waals surface area contributed by atoms with E-state index in [9.17, 15) is 4.79 Å². The molecule has 1 saturated heterocycles. The Morgan fingerprint density at radius 2 is 1.86 bits per heavy atom. The number of amides is 1. The third-order valence-corrected chi connectivity index (χ3v) is 4.28. The summed E-state index contributed by atoms with van der Waals surface area (Å²) in [6.07, 6.45) is 2.25. The molecule has 1 aromatic rings. The molecule has 1 amide bonds. The molecule has 5 heteroatoms. The number of nitrogens with zero attached hydrogens (tertiary/aromatic N) is 2. The minimum Gasteiger partial charge on any atom is -0.396 e. The van der Waals surface area contributed by atoms with Crippen molar-refractivity contribution < 1.29 is 9.90 Å². The Morgan fingerprint density at radius 3 is 2.52 bits per heavy atom. The molecule has 0 unspecified atom stereocenters. The highest BCUT2D eigenvalue weighted by molar-refractivity contribution is 6.31. The SMILES string of the molecule is O=C(Cc1ccccc1Cl)N1CCN(CCCCO)CC1. The second-order valence-corrected chi connectivity index (χ2v) is 5.83. The molecule has 1 aromatic carbocycles. The average molecular weight is 311 g/mol. The predicted molar refractivity (Wildman–Crippen MR) is 84.5 cm³/mol. The summed E-state index contributed by atoms with van der Waals surface area (Å²) in [6.45, 7) is 4.66. The fourth-order valence-corrected chi connectivity index (χ4v) is 2.79. The minimum absolute atomic E-state index is 0.151. The number of hydrogen-bond acceptors (Lipinski definition) is 3. The summed E-state index contributed by atoms with van der Waals surface area (Å²) >= 11 is 6.10. The maximum absolute atomic E-state index is 12.3. The summed E-state index contributed by atoms with van der Waals surface area (Å²) in [7, 11) is 0. The summed E-state index contributed by atoms with van der Waals surface area (Å²) in [6, 6.07) is 7.52. The second-order valence-electron chi connectivity index (χ2n) is 5.42. The Hall–Kier alpha value is -1.10. The third-order valence-electron chi connectivity index (χ3n) is 3.91. The Labute approximate surface area is 131 Å². The molecule has 2 rings (SSSR count). The van der Waals surface area contributed by atoms with Gasteiger partial charge in [-0.3, -0.25) is 9.69 Å². The van der Waals surface area contributed by atoms with Gasteiger partial charge in [-0.2, -0.15) is 0 Å². The van der Waals surface area contributed by atoms with Crippen LogP contribution in [0.4, 0.5) is 0 Å². The number of benzene rings is 1. The van der Waals surface area contributed by atoms with Crippen LogP contribution in [0.15, 0.2) is 24.3 Å². The van der Waals surface area contributed by atoms with Crippen molar-refractivity contribution in [2.24, 2.45) is 0 Å². The van der Waals surface area contributed by atoms with Crippen LogP contribution in [0.3, 0.4) is 0 Å². The van der Waals surface area contributed by atoms with Gasteiger partial charge in [-0.1, -0.05) is 29.8 Å². The summed E-state index contributed by atoms with van der Waals surface area (Å²) in [5.74, 6) is 0.151. The van der Waals surface area contributed by atoms with Crippen molar-refractivity contribution in [3.8, 4) is 0 Å². The quantitative estimate of drug-likeness (QED) is 0.815. The van der Waals surface area contributed by atoms with Gasteiger partial charge in [-0.15, -0.1) is 0 Å². The Bertz CT molecular complexity index is 459. The van der Waals surface area contributed by atoms with Crippen LogP contribution < -0.4 is 0 Å². The molecular formula is C16H23ClN2O2. The van der Waals surface area contributed by atoms with Gasteiger partial charge in [0.15, 0.2) is 0 Å². The fourth-order valence-electron chi connectivity index (χ4n) is 2.58.